The highest BCUT2D eigenvalue weighted by Gasteiger charge is 2.18. The number of hydrogen-bond donors (Lipinski definition) is 3. The SMILES string of the molecule is O=C(CNc1ccccc1)NCC(O)CN1CCc2ccccc2C1. The third-order valence-electron chi connectivity index (χ3n) is 4.44. The van der Waals surface area contributed by atoms with E-state index in [2.05, 4.69) is 39.8 Å². The molecule has 0 saturated carbocycles. The molecule has 0 aliphatic carbocycles. The van der Waals surface area contributed by atoms with Gasteiger partial charge in [-0.3, -0.25) is 9.69 Å². The number of nitrogens with one attached hydrogen (secondary N) is 2. The molecule has 1 unspecified atom stereocenters. The summed E-state index contributed by atoms with van der Waals surface area (Å²) in [5, 5.41) is 16.0. The molecule has 5 heteroatoms. The Hall–Kier alpha value is -2.37. The van der Waals surface area contributed by atoms with Gasteiger partial charge in [-0.1, -0.05) is 42.5 Å². The van der Waals surface area contributed by atoms with Gasteiger partial charge in [0.1, 0.15) is 0 Å². The Morgan fingerprint density at radius 1 is 1.08 bits per heavy atom. The fourth-order valence-corrected chi connectivity index (χ4v) is 3.11. The number of carbonyl (C=O) groups is 1. The molecule has 0 aromatic heterocycles. The summed E-state index contributed by atoms with van der Waals surface area (Å²) in [6, 6.07) is 18.0. The van der Waals surface area contributed by atoms with E-state index in [0.717, 1.165) is 25.2 Å². The topological polar surface area (TPSA) is 64.6 Å². The zero-order valence-electron chi connectivity index (χ0n) is 14.3. The van der Waals surface area contributed by atoms with Crippen molar-refractivity contribution in [2.24, 2.45) is 0 Å². The molecule has 132 valence electrons. The van der Waals surface area contributed by atoms with Crippen LogP contribution in [0, 0.1) is 0 Å². The Kier molecular flexibility index (Phi) is 6.04. The molecule has 0 saturated heterocycles. The predicted octanol–water partition coefficient (Wildman–Crippen LogP) is 1.63. The third-order valence-corrected chi connectivity index (χ3v) is 4.44. The maximum atomic E-state index is 11.9. The van der Waals surface area contributed by atoms with Crippen molar-refractivity contribution in [1.82, 2.24) is 10.2 Å². The quantitative estimate of drug-likeness (QED) is 0.717. The highest BCUT2D eigenvalue weighted by atomic mass is 16.3. The van der Waals surface area contributed by atoms with Crippen LogP contribution in [0.5, 0.6) is 0 Å². The molecule has 1 heterocycles. The minimum absolute atomic E-state index is 0.119. The number of aliphatic hydroxyl groups is 1. The van der Waals surface area contributed by atoms with Gasteiger partial charge in [-0.25, -0.2) is 0 Å². The average molecular weight is 339 g/mol. The van der Waals surface area contributed by atoms with Crippen LogP contribution in [0.3, 0.4) is 0 Å². The van der Waals surface area contributed by atoms with E-state index in [1.54, 1.807) is 0 Å². The van der Waals surface area contributed by atoms with Gasteiger partial charge in [0.2, 0.25) is 5.91 Å². The lowest BCUT2D eigenvalue weighted by atomic mass is 10.00. The fraction of sp³-hybridized carbons (Fsp3) is 0.350. The first kappa shape index (κ1) is 17.5. The van der Waals surface area contributed by atoms with Crippen LogP contribution in [0.4, 0.5) is 5.69 Å². The standard InChI is InChI=1S/C20H25N3O2/c24-19(12-22-20(25)13-21-18-8-2-1-3-9-18)15-23-11-10-16-6-4-5-7-17(16)14-23/h1-9,19,21,24H,10-15H2,(H,22,25). The molecule has 0 fully saturated rings. The van der Waals surface area contributed by atoms with Crippen LogP contribution < -0.4 is 10.6 Å². The summed E-state index contributed by atoms with van der Waals surface area (Å²) in [5.41, 5.74) is 3.63. The van der Waals surface area contributed by atoms with Gasteiger partial charge in [0.05, 0.1) is 12.6 Å². The number of aliphatic hydroxyl groups excluding tert-OH is 1. The van der Waals surface area contributed by atoms with E-state index in [9.17, 15) is 9.90 Å². The molecule has 1 amide bonds. The molecular formula is C20H25N3O2. The lowest BCUT2D eigenvalue weighted by molar-refractivity contribution is -0.119. The second-order valence-electron chi connectivity index (χ2n) is 6.43. The molecule has 25 heavy (non-hydrogen) atoms. The minimum Gasteiger partial charge on any atom is -0.390 e. The Morgan fingerprint density at radius 2 is 1.80 bits per heavy atom. The Labute approximate surface area is 148 Å². The van der Waals surface area contributed by atoms with Crippen molar-refractivity contribution in [3.05, 3.63) is 65.7 Å². The number of β-amino-alcohol motifs (C(OH)–C–C–N with tert-alkyl or cyclic N) is 1. The number of nitrogens with zero attached hydrogens (tertiary/aromatic N) is 1. The smallest absolute Gasteiger partial charge is 0.239 e. The van der Waals surface area contributed by atoms with E-state index in [0.29, 0.717) is 6.54 Å². The van der Waals surface area contributed by atoms with Gasteiger partial charge in [0.25, 0.3) is 0 Å². The maximum Gasteiger partial charge on any atom is 0.239 e. The van der Waals surface area contributed by atoms with Gasteiger partial charge in [0, 0.05) is 31.9 Å². The molecule has 0 radical (unpaired) electrons. The molecule has 0 spiro atoms. The number of para-hydroxylation sites is 1. The Morgan fingerprint density at radius 3 is 2.60 bits per heavy atom. The minimum atomic E-state index is -0.564. The second kappa shape index (κ2) is 8.65. The van der Waals surface area contributed by atoms with E-state index in [1.807, 2.05) is 30.3 Å². The van der Waals surface area contributed by atoms with Gasteiger partial charge in [0.15, 0.2) is 0 Å². The lowest BCUT2D eigenvalue weighted by Gasteiger charge is -2.30. The number of hydrogen-bond acceptors (Lipinski definition) is 4. The van der Waals surface area contributed by atoms with Crippen LogP contribution in [-0.2, 0) is 17.8 Å². The largest absolute Gasteiger partial charge is 0.390 e. The second-order valence-corrected chi connectivity index (χ2v) is 6.43. The highest BCUT2D eigenvalue weighted by Crippen LogP contribution is 2.18. The van der Waals surface area contributed by atoms with Crippen LogP contribution >= 0.6 is 0 Å². The average Bonchev–Trinajstić information content (AvgIpc) is 2.65. The van der Waals surface area contributed by atoms with Crippen molar-refractivity contribution < 1.29 is 9.90 Å². The molecule has 1 atom stereocenters. The summed E-state index contributed by atoms with van der Waals surface area (Å²) in [6.45, 7) is 2.84. The summed E-state index contributed by atoms with van der Waals surface area (Å²) in [7, 11) is 0. The first-order valence-electron chi connectivity index (χ1n) is 8.73. The first-order chi connectivity index (χ1) is 12.2. The van der Waals surface area contributed by atoms with E-state index >= 15 is 0 Å². The van der Waals surface area contributed by atoms with E-state index in [4.69, 9.17) is 0 Å². The van der Waals surface area contributed by atoms with Crippen molar-refractivity contribution in [2.75, 3.05) is 31.5 Å². The predicted molar refractivity (Wildman–Crippen MR) is 99.4 cm³/mol. The van der Waals surface area contributed by atoms with Crippen molar-refractivity contribution >= 4 is 11.6 Å². The van der Waals surface area contributed by atoms with Gasteiger partial charge in [-0.05, 0) is 29.7 Å². The summed E-state index contributed by atoms with van der Waals surface area (Å²) >= 11 is 0. The molecule has 3 rings (SSSR count). The maximum absolute atomic E-state index is 11.9. The Balaban J connectivity index is 1.37. The van der Waals surface area contributed by atoms with Crippen molar-refractivity contribution in [3.8, 4) is 0 Å². The van der Waals surface area contributed by atoms with E-state index in [1.165, 1.54) is 11.1 Å². The van der Waals surface area contributed by atoms with Crippen LogP contribution in [0.25, 0.3) is 0 Å². The van der Waals surface area contributed by atoms with E-state index in [-0.39, 0.29) is 19.0 Å². The van der Waals surface area contributed by atoms with Gasteiger partial charge in [-0.15, -0.1) is 0 Å². The van der Waals surface area contributed by atoms with Crippen molar-refractivity contribution in [2.45, 2.75) is 19.1 Å². The highest BCUT2D eigenvalue weighted by molar-refractivity contribution is 5.80. The number of carbonyl (C=O) groups excluding carboxylic acids is 1. The summed E-state index contributed by atoms with van der Waals surface area (Å²) in [6.07, 6.45) is 0.446. The molecular weight excluding hydrogens is 314 g/mol. The molecule has 2 aromatic rings. The first-order valence-corrected chi connectivity index (χ1v) is 8.73. The normalized spacial score (nSPS) is 15.2. The number of benzene rings is 2. The van der Waals surface area contributed by atoms with Crippen molar-refractivity contribution in [1.29, 1.82) is 0 Å². The molecule has 1 aliphatic heterocycles. The summed E-state index contributed by atoms with van der Waals surface area (Å²) < 4.78 is 0. The van der Waals surface area contributed by atoms with Crippen LogP contribution in [0.1, 0.15) is 11.1 Å². The van der Waals surface area contributed by atoms with Gasteiger partial charge in [-0.2, -0.15) is 0 Å². The number of fused-ring (bicyclic) bond motifs is 1. The van der Waals surface area contributed by atoms with E-state index < -0.39 is 6.10 Å². The molecule has 5 nitrogen and oxygen atoms in total. The lowest BCUT2D eigenvalue weighted by Crippen LogP contribution is -2.43. The zero-order chi connectivity index (χ0) is 17.5. The van der Waals surface area contributed by atoms with Crippen LogP contribution in [-0.4, -0.2) is 48.2 Å². The molecule has 1 aliphatic rings. The monoisotopic (exact) mass is 339 g/mol. The van der Waals surface area contributed by atoms with Crippen LogP contribution in [0.15, 0.2) is 54.6 Å². The number of amides is 1. The number of rotatable bonds is 7. The van der Waals surface area contributed by atoms with Gasteiger partial charge < -0.3 is 15.7 Å². The molecule has 2 aromatic carbocycles. The van der Waals surface area contributed by atoms with Crippen LogP contribution in [0.2, 0.25) is 0 Å². The molecule has 0 bridgehead atoms. The van der Waals surface area contributed by atoms with Crippen molar-refractivity contribution in [3.63, 3.8) is 0 Å². The van der Waals surface area contributed by atoms with Gasteiger partial charge >= 0.3 is 0 Å². The molecule has 3 N–H and O–H groups in total. The summed E-state index contributed by atoms with van der Waals surface area (Å²) in [5.74, 6) is -0.119. The Bertz CT molecular complexity index is 690. The third kappa shape index (κ3) is 5.31. The number of anilines is 1. The zero-order valence-corrected chi connectivity index (χ0v) is 14.3. The summed E-state index contributed by atoms with van der Waals surface area (Å²) in [4.78, 5) is 14.1. The fourth-order valence-electron chi connectivity index (χ4n) is 3.11.